The van der Waals surface area contributed by atoms with Crippen molar-refractivity contribution in [1.29, 1.82) is 0 Å². The third-order valence-corrected chi connectivity index (χ3v) is 4.98. The highest BCUT2D eigenvalue weighted by Gasteiger charge is 2.35. The molecule has 1 aliphatic heterocycles. The van der Waals surface area contributed by atoms with Crippen molar-refractivity contribution in [2.24, 2.45) is 5.73 Å². The van der Waals surface area contributed by atoms with Gasteiger partial charge in [-0.1, -0.05) is 18.2 Å². The van der Waals surface area contributed by atoms with Crippen LogP contribution in [0, 0.1) is 0 Å². The summed E-state index contributed by atoms with van der Waals surface area (Å²) in [6, 6.07) is 7.78. The molecule has 0 aromatic heterocycles. The Morgan fingerprint density at radius 2 is 1.87 bits per heavy atom. The fraction of sp³-hybridized carbons (Fsp3) is 0.150. The van der Waals surface area contributed by atoms with Gasteiger partial charge < -0.3 is 15.6 Å². The molecule has 0 radical (unpaired) electrons. The van der Waals surface area contributed by atoms with Crippen LogP contribution in [0.3, 0.4) is 0 Å². The quantitative estimate of drug-likeness (QED) is 0.571. The largest absolute Gasteiger partial charge is 0.480 e. The van der Waals surface area contributed by atoms with Gasteiger partial charge >= 0.3 is 12.1 Å². The first-order chi connectivity index (χ1) is 14.5. The van der Waals surface area contributed by atoms with E-state index in [1.807, 2.05) is 0 Å². The van der Waals surface area contributed by atoms with Gasteiger partial charge in [-0.05, 0) is 59.7 Å². The van der Waals surface area contributed by atoms with Crippen molar-refractivity contribution >= 4 is 35.0 Å². The van der Waals surface area contributed by atoms with Crippen LogP contribution in [0.25, 0.3) is 6.08 Å². The number of rotatable bonds is 6. The van der Waals surface area contributed by atoms with E-state index >= 15 is 0 Å². The van der Waals surface area contributed by atoms with Gasteiger partial charge in [0.2, 0.25) is 0 Å². The average molecular weight is 452 g/mol. The average Bonchev–Trinajstić information content (AvgIpc) is 3.00. The summed E-state index contributed by atoms with van der Waals surface area (Å²) < 4.78 is 45.8. The lowest BCUT2D eigenvalue weighted by Crippen LogP contribution is -2.32. The van der Waals surface area contributed by atoms with Crippen molar-refractivity contribution in [3.8, 4) is 11.5 Å². The number of ether oxygens (including phenoxy) is 1. The normalized spacial score (nSPS) is 16.3. The number of amides is 2. The van der Waals surface area contributed by atoms with Crippen LogP contribution in [0.4, 0.5) is 18.0 Å². The molecule has 0 saturated carbocycles. The zero-order valence-corrected chi connectivity index (χ0v) is 16.4. The zero-order chi connectivity index (χ0) is 22.8. The minimum atomic E-state index is -4.73. The molecule has 2 amide bonds. The second-order valence-corrected chi connectivity index (χ2v) is 7.52. The molecule has 4 N–H and O–H groups in total. The number of hydrogen-bond acceptors (Lipinski definition) is 6. The lowest BCUT2D eigenvalue weighted by atomic mass is 10.0. The lowest BCUT2D eigenvalue weighted by molar-refractivity contribution is -0.139. The van der Waals surface area contributed by atoms with Gasteiger partial charge in [-0.25, -0.2) is 0 Å². The number of halogens is 3. The molecule has 1 heterocycles. The second-order valence-electron chi connectivity index (χ2n) is 6.50. The molecular weight excluding hydrogens is 437 g/mol. The van der Waals surface area contributed by atoms with Crippen LogP contribution in [0.5, 0.6) is 11.5 Å². The highest BCUT2D eigenvalue weighted by atomic mass is 32.2. The van der Waals surface area contributed by atoms with Crippen molar-refractivity contribution in [2.45, 2.75) is 18.6 Å². The first-order valence-corrected chi connectivity index (χ1v) is 9.56. The van der Waals surface area contributed by atoms with Gasteiger partial charge in [0, 0.05) is 0 Å². The highest BCUT2D eigenvalue weighted by Crippen LogP contribution is 2.39. The molecule has 3 rings (SSSR count). The van der Waals surface area contributed by atoms with E-state index < -0.39 is 40.6 Å². The summed E-state index contributed by atoms with van der Waals surface area (Å²) in [5, 5.41) is 10.5. The van der Waals surface area contributed by atoms with Crippen LogP contribution in [0.15, 0.2) is 47.4 Å². The fourth-order valence-corrected chi connectivity index (χ4v) is 3.37. The molecule has 0 spiro atoms. The molecule has 1 saturated heterocycles. The first kappa shape index (κ1) is 22.4. The van der Waals surface area contributed by atoms with Gasteiger partial charge in [-0.3, -0.25) is 19.7 Å². The van der Waals surface area contributed by atoms with Crippen LogP contribution in [0.1, 0.15) is 16.7 Å². The van der Waals surface area contributed by atoms with Crippen molar-refractivity contribution in [2.75, 3.05) is 0 Å². The minimum Gasteiger partial charge on any atom is -0.480 e. The van der Waals surface area contributed by atoms with Gasteiger partial charge in [-0.15, -0.1) is 0 Å². The Kier molecular flexibility index (Phi) is 6.37. The molecular formula is C20H15F3N2O5S. The maximum Gasteiger partial charge on any atom is 0.419 e. The Morgan fingerprint density at radius 1 is 1.19 bits per heavy atom. The maximum absolute atomic E-state index is 13.5. The van der Waals surface area contributed by atoms with Crippen LogP contribution >= 0.6 is 11.8 Å². The minimum absolute atomic E-state index is 0.110. The van der Waals surface area contributed by atoms with Crippen LogP contribution in [-0.2, 0) is 22.2 Å². The molecule has 1 atom stereocenters. The number of alkyl halides is 3. The Bertz CT molecular complexity index is 1070. The highest BCUT2D eigenvalue weighted by molar-refractivity contribution is 8.18. The number of nitrogens with one attached hydrogen (secondary N) is 1. The van der Waals surface area contributed by atoms with E-state index in [1.165, 1.54) is 36.4 Å². The summed E-state index contributed by atoms with van der Waals surface area (Å²) in [7, 11) is 0. The monoisotopic (exact) mass is 452 g/mol. The molecule has 162 valence electrons. The molecule has 7 nitrogen and oxygen atoms in total. The summed E-state index contributed by atoms with van der Waals surface area (Å²) in [5.41, 5.74) is 4.99. The molecule has 11 heteroatoms. The molecule has 1 aliphatic rings. The molecule has 0 aliphatic carbocycles. The van der Waals surface area contributed by atoms with E-state index in [4.69, 9.17) is 15.6 Å². The number of aliphatic carboxylic acids is 1. The fourth-order valence-electron chi connectivity index (χ4n) is 2.69. The number of carbonyl (C=O) groups excluding carboxylic acids is 2. The van der Waals surface area contributed by atoms with Gasteiger partial charge in [0.25, 0.3) is 11.1 Å². The summed E-state index contributed by atoms with van der Waals surface area (Å²) >= 11 is 0.747. The molecule has 2 aromatic rings. The zero-order valence-electron chi connectivity index (χ0n) is 15.6. The predicted molar refractivity (Wildman–Crippen MR) is 106 cm³/mol. The first-order valence-electron chi connectivity index (χ1n) is 8.74. The summed E-state index contributed by atoms with van der Waals surface area (Å²) in [6.07, 6.45) is -3.53. The Hall–Kier alpha value is -3.31. The third-order valence-electron chi connectivity index (χ3n) is 4.17. The van der Waals surface area contributed by atoms with Crippen molar-refractivity contribution in [3.05, 3.63) is 64.1 Å². The van der Waals surface area contributed by atoms with E-state index in [0.29, 0.717) is 5.56 Å². The smallest absolute Gasteiger partial charge is 0.419 e. The SMILES string of the molecule is NC(Cc1ccc(Oc2ccc(/C=C3/SC(=O)NC3=O)cc2)c(C(F)(F)F)c1)C(=O)O. The number of benzene rings is 2. The van der Waals surface area contributed by atoms with Crippen LogP contribution in [-0.4, -0.2) is 28.3 Å². The van der Waals surface area contributed by atoms with E-state index in [9.17, 15) is 27.6 Å². The standard InChI is InChI=1S/C20H15F3N2O5S/c21-20(22,23)13-7-11(8-14(24)18(27)28)3-6-15(13)30-12-4-1-10(2-5-12)9-16-17(26)25-19(29)31-16/h1-7,9,14H,8,24H2,(H,27,28)(H,25,26,29)/b16-9+. The molecule has 2 aromatic carbocycles. The number of thioether (sulfide) groups is 1. The van der Waals surface area contributed by atoms with Gasteiger partial charge in [0.1, 0.15) is 17.5 Å². The lowest BCUT2D eigenvalue weighted by Gasteiger charge is -2.16. The topological polar surface area (TPSA) is 119 Å². The van der Waals surface area contributed by atoms with E-state index in [2.05, 4.69) is 5.32 Å². The number of carboxylic acids is 1. The second kappa shape index (κ2) is 8.82. The van der Waals surface area contributed by atoms with Crippen LogP contribution in [0.2, 0.25) is 0 Å². The Balaban J connectivity index is 1.81. The number of hydrogen-bond donors (Lipinski definition) is 3. The Morgan fingerprint density at radius 3 is 2.42 bits per heavy atom. The van der Waals surface area contributed by atoms with Crippen molar-refractivity contribution < 1.29 is 37.4 Å². The third kappa shape index (κ3) is 5.64. The summed E-state index contributed by atoms with van der Waals surface area (Å²) in [4.78, 5) is 33.8. The molecule has 1 unspecified atom stereocenters. The number of nitrogens with two attached hydrogens (primary N) is 1. The van der Waals surface area contributed by atoms with Gasteiger partial charge in [0.15, 0.2) is 0 Å². The number of carboxylic acid groups (broad SMARTS) is 1. The number of carbonyl (C=O) groups is 3. The van der Waals surface area contributed by atoms with Crippen LogP contribution < -0.4 is 15.8 Å². The van der Waals surface area contributed by atoms with Crippen molar-refractivity contribution in [3.63, 3.8) is 0 Å². The predicted octanol–water partition coefficient (Wildman–Crippen LogP) is 3.78. The molecule has 31 heavy (non-hydrogen) atoms. The number of imide groups is 1. The van der Waals surface area contributed by atoms with Gasteiger partial charge in [-0.2, -0.15) is 13.2 Å². The summed E-state index contributed by atoms with van der Waals surface area (Å²) in [5.74, 6) is -2.18. The summed E-state index contributed by atoms with van der Waals surface area (Å²) in [6.45, 7) is 0. The Labute approximate surface area is 178 Å². The van der Waals surface area contributed by atoms with E-state index in [0.717, 1.165) is 23.9 Å². The maximum atomic E-state index is 13.5. The van der Waals surface area contributed by atoms with E-state index in [-0.39, 0.29) is 22.6 Å². The van der Waals surface area contributed by atoms with Gasteiger partial charge in [0.05, 0.1) is 10.5 Å². The molecule has 0 bridgehead atoms. The molecule has 1 fully saturated rings. The van der Waals surface area contributed by atoms with Crippen molar-refractivity contribution in [1.82, 2.24) is 5.32 Å². The van der Waals surface area contributed by atoms with E-state index in [1.54, 1.807) is 0 Å².